The number of benzene rings is 3. The molecule has 1 N–H and O–H groups in total. The molecule has 1 fully saturated rings. The first-order valence-electron chi connectivity index (χ1n) is 10.7. The SMILES string of the molecule is C[C@H](Nc1ccc(-c2ccccc2)cc1)C(=O)N1CCN(Cc2ccccc2)CC1. The summed E-state index contributed by atoms with van der Waals surface area (Å²) in [5.74, 6) is 0.168. The van der Waals surface area contributed by atoms with E-state index in [4.69, 9.17) is 0 Å². The summed E-state index contributed by atoms with van der Waals surface area (Å²) in [7, 11) is 0. The number of rotatable bonds is 6. The van der Waals surface area contributed by atoms with Crippen molar-refractivity contribution in [1.29, 1.82) is 0 Å². The third-order valence-electron chi connectivity index (χ3n) is 5.68. The fourth-order valence-electron chi connectivity index (χ4n) is 3.94. The van der Waals surface area contributed by atoms with E-state index in [0.29, 0.717) is 0 Å². The number of amides is 1. The Hall–Kier alpha value is -3.11. The second-order valence-electron chi connectivity index (χ2n) is 7.90. The van der Waals surface area contributed by atoms with Crippen LogP contribution < -0.4 is 5.32 Å². The van der Waals surface area contributed by atoms with Gasteiger partial charge < -0.3 is 10.2 Å². The van der Waals surface area contributed by atoms with Crippen molar-refractivity contribution in [3.8, 4) is 11.1 Å². The van der Waals surface area contributed by atoms with Crippen LogP contribution in [0.25, 0.3) is 11.1 Å². The van der Waals surface area contributed by atoms with E-state index in [1.165, 1.54) is 16.7 Å². The highest BCUT2D eigenvalue weighted by molar-refractivity contribution is 5.84. The summed E-state index contributed by atoms with van der Waals surface area (Å²) in [6.45, 7) is 6.29. The van der Waals surface area contributed by atoms with Crippen LogP contribution in [0.2, 0.25) is 0 Å². The molecule has 0 spiro atoms. The van der Waals surface area contributed by atoms with Crippen LogP contribution >= 0.6 is 0 Å². The van der Waals surface area contributed by atoms with E-state index < -0.39 is 0 Å². The summed E-state index contributed by atoms with van der Waals surface area (Å²) in [4.78, 5) is 17.3. The zero-order valence-electron chi connectivity index (χ0n) is 17.5. The van der Waals surface area contributed by atoms with Gasteiger partial charge in [0.25, 0.3) is 0 Å². The van der Waals surface area contributed by atoms with Crippen LogP contribution in [0.4, 0.5) is 5.69 Å². The number of anilines is 1. The van der Waals surface area contributed by atoms with Crippen molar-refractivity contribution in [1.82, 2.24) is 9.80 Å². The fraction of sp³-hybridized carbons (Fsp3) is 0.269. The standard InChI is InChI=1S/C26H29N3O/c1-21(27-25-14-12-24(13-15-25)23-10-6-3-7-11-23)26(30)29-18-16-28(17-19-29)20-22-8-4-2-5-9-22/h2-15,21,27H,16-20H2,1H3/t21-/m0/s1. The largest absolute Gasteiger partial charge is 0.374 e. The number of carbonyl (C=O) groups excluding carboxylic acids is 1. The average Bonchev–Trinajstić information content (AvgIpc) is 2.81. The molecule has 4 heteroatoms. The number of nitrogens with zero attached hydrogens (tertiary/aromatic N) is 2. The molecular formula is C26H29N3O. The highest BCUT2D eigenvalue weighted by Gasteiger charge is 2.24. The molecule has 154 valence electrons. The molecule has 3 aromatic carbocycles. The van der Waals surface area contributed by atoms with Crippen LogP contribution in [0.1, 0.15) is 12.5 Å². The predicted molar refractivity (Wildman–Crippen MR) is 123 cm³/mol. The van der Waals surface area contributed by atoms with Gasteiger partial charge in [-0.2, -0.15) is 0 Å². The summed E-state index contributed by atoms with van der Waals surface area (Å²) >= 11 is 0. The van der Waals surface area contributed by atoms with Crippen molar-refractivity contribution < 1.29 is 4.79 Å². The normalized spacial score (nSPS) is 15.6. The van der Waals surface area contributed by atoms with Crippen LogP contribution in [0.15, 0.2) is 84.9 Å². The van der Waals surface area contributed by atoms with Gasteiger partial charge in [0, 0.05) is 38.4 Å². The van der Waals surface area contributed by atoms with Gasteiger partial charge in [0.2, 0.25) is 5.91 Å². The Balaban J connectivity index is 1.28. The number of piperazine rings is 1. The molecule has 3 aromatic rings. The lowest BCUT2D eigenvalue weighted by Crippen LogP contribution is -2.51. The molecular weight excluding hydrogens is 370 g/mol. The lowest BCUT2D eigenvalue weighted by atomic mass is 10.1. The van der Waals surface area contributed by atoms with Crippen LogP contribution in [-0.4, -0.2) is 47.9 Å². The van der Waals surface area contributed by atoms with E-state index in [1.807, 2.05) is 48.2 Å². The summed E-state index contributed by atoms with van der Waals surface area (Å²) < 4.78 is 0. The van der Waals surface area contributed by atoms with Gasteiger partial charge >= 0.3 is 0 Å². The third kappa shape index (κ3) is 5.08. The maximum Gasteiger partial charge on any atom is 0.244 e. The molecule has 4 nitrogen and oxygen atoms in total. The van der Waals surface area contributed by atoms with E-state index in [2.05, 4.69) is 58.7 Å². The van der Waals surface area contributed by atoms with Crippen molar-refractivity contribution in [2.75, 3.05) is 31.5 Å². The van der Waals surface area contributed by atoms with Gasteiger partial charge in [-0.3, -0.25) is 9.69 Å². The van der Waals surface area contributed by atoms with Crippen molar-refractivity contribution in [2.24, 2.45) is 0 Å². The Labute approximate surface area is 179 Å². The van der Waals surface area contributed by atoms with Gasteiger partial charge in [-0.25, -0.2) is 0 Å². The molecule has 1 aliphatic rings. The highest BCUT2D eigenvalue weighted by Crippen LogP contribution is 2.21. The summed E-state index contributed by atoms with van der Waals surface area (Å²) in [6.07, 6.45) is 0. The minimum Gasteiger partial charge on any atom is -0.374 e. The van der Waals surface area contributed by atoms with Crippen molar-refractivity contribution in [3.63, 3.8) is 0 Å². The zero-order chi connectivity index (χ0) is 20.8. The van der Waals surface area contributed by atoms with Crippen LogP contribution in [0.5, 0.6) is 0 Å². The maximum absolute atomic E-state index is 12.9. The molecule has 0 radical (unpaired) electrons. The van der Waals surface area contributed by atoms with E-state index in [-0.39, 0.29) is 11.9 Å². The molecule has 0 unspecified atom stereocenters. The Morgan fingerprint density at radius 2 is 1.37 bits per heavy atom. The number of carbonyl (C=O) groups is 1. The first-order valence-corrected chi connectivity index (χ1v) is 10.7. The van der Waals surface area contributed by atoms with Crippen molar-refractivity contribution in [2.45, 2.75) is 19.5 Å². The van der Waals surface area contributed by atoms with Gasteiger partial charge in [-0.15, -0.1) is 0 Å². The highest BCUT2D eigenvalue weighted by atomic mass is 16.2. The smallest absolute Gasteiger partial charge is 0.244 e. The summed E-state index contributed by atoms with van der Waals surface area (Å²) in [5, 5.41) is 3.36. The second-order valence-corrected chi connectivity index (χ2v) is 7.90. The molecule has 4 rings (SSSR count). The van der Waals surface area contributed by atoms with Gasteiger partial charge in [-0.05, 0) is 35.7 Å². The summed E-state index contributed by atoms with van der Waals surface area (Å²) in [5.41, 5.74) is 4.67. The van der Waals surface area contributed by atoms with Crippen LogP contribution in [-0.2, 0) is 11.3 Å². The van der Waals surface area contributed by atoms with Crippen LogP contribution in [0.3, 0.4) is 0 Å². The lowest BCUT2D eigenvalue weighted by Gasteiger charge is -2.36. The van der Waals surface area contributed by atoms with E-state index in [9.17, 15) is 4.79 Å². The molecule has 0 saturated carbocycles. The number of nitrogens with one attached hydrogen (secondary N) is 1. The van der Waals surface area contributed by atoms with Gasteiger partial charge in [0.05, 0.1) is 0 Å². The second kappa shape index (κ2) is 9.59. The maximum atomic E-state index is 12.9. The van der Waals surface area contributed by atoms with E-state index in [0.717, 1.165) is 38.4 Å². The molecule has 0 bridgehead atoms. The molecule has 0 aromatic heterocycles. The first-order chi connectivity index (χ1) is 14.7. The monoisotopic (exact) mass is 399 g/mol. The Morgan fingerprint density at radius 3 is 2.00 bits per heavy atom. The van der Waals surface area contributed by atoms with Gasteiger partial charge in [0.1, 0.15) is 6.04 Å². The van der Waals surface area contributed by atoms with Gasteiger partial charge in [0.15, 0.2) is 0 Å². The number of hydrogen-bond acceptors (Lipinski definition) is 3. The fourth-order valence-corrected chi connectivity index (χ4v) is 3.94. The Bertz CT molecular complexity index is 933. The van der Waals surface area contributed by atoms with E-state index in [1.54, 1.807) is 0 Å². The molecule has 0 aliphatic carbocycles. The van der Waals surface area contributed by atoms with Crippen LogP contribution in [0, 0.1) is 0 Å². The molecule has 1 amide bonds. The zero-order valence-corrected chi connectivity index (χ0v) is 17.5. The quantitative estimate of drug-likeness (QED) is 0.663. The first kappa shape index (κ1) is 20.2. The third-order valence-corrected chi connectivity index (χ3v) is 5.68. The molecule has 1 saturated heterocycles. The molecule has 1 heterocycles. The summed E-state index contributed by atoms with van der Waals surface area (Å²) in [6, 6.07) is 28.9. The Kier molecular flexibility index (Phi) is 6.45. The van der Waals surface area contributed by atoms with Gasteiger partial charge in [-0.1, -0.05) is 72.8 Å². The predicted octanol–water partition coefficient (Wildman–Crippen LogP) is 4.50. The lowest BCUT2D eigenvalue weighted by molar-refractivity contribution is -0.133. The topological polar surface area (TPSA) is 35.6 Å². The minimum absolute atomic E-state index is 0.168. The molecule has 30 heavy (non-hydrogen) atoms. The number of hydrogen-bond donors (Lipinski definition) is 1. The van der Waals surface area contributed by atoms with Crippen molar-refractivity contribution in [3.05, 3.63) is 90.5 Å². The van der Waals surface area contributed by atoms with Crippen molar-refractivity contribution >= 4 is 11.6 Å². The molecule has 1 aliphatic heterocycles. The Morgan fingerprint density at radius 1 is 0.800 bits per heavy atom. The molecule has 1 atom stereocenters. The van der Waals surface area contributed by atoms with E-state index >= 15 is 0 Å². The average molecular weight is 400 g/mol. The minimum atomic E-state index is -0.242.